The van der Waals surface area contributed by atoms with Gasteiger partial charge in [0.25, 0.3) is 0 Å². The zero-order chi connectivity index (χ0) is 43.4. The number of aliphatic carboxylic acids is 1. The fourth-order valence-electron chi connectivity index (χ4n) is 7.19. The highest BCUT2D eigenvalue weighted by atomic mass is 16.7. The molecule has 12 heteroatoms. The van der Waals surface area contributed by atoms with E-state index in [9.17, 15) is 29.7 Å². The van der Waals surface area contributed by atoms with Gasteiger partial charge >= 0.3 is 17.9 Å². The number of hydrogen-bond donors (Lipinski definition) is 3. The molecule has 0 bridgehead atoms. The molecule has 2 heterocycles. The Hall–Kier alpha value is -3.97. The smallest absolute Gasteiger partial charge is 0.328 e. The maximum Gasteiger partial charge on any atom is 0.328 e. The van der Waals surface area contributed by atoms with Crippen LogP contribution in [0.15, 0.2) is 36.4 Å². The molecule has 0 radical (unpaired) electrons. The van der Waals surface area contributed by atoms with Crippen LogP contribution < -0.4 is 0 Å². The molecule has 2 unspecified atom stereocenters. The molecule has 0 saturated carbocycles. The van der Waals surface area contributed by atoms with Crippen molar-refractivity contribution in [2.45, 2.75) is 138 Å². The van der Waals surface area contributed by atoms with Crippen molar-refractivity contribution < 1.29 is 58.1 Å². The summed E-state index contributed by atoms with van der Waals surface area (Å²) in [5.74, 6) is -1.35. The Balaban J connectivity index is 1.31. The van der Waals surface area contributed by atoms with Crippen LogP contribution in [0.2, 0.25) is 0 Å². The first-order valence-corrected chi connectivity index (χ1v) is 20.1. The van der Waals surface area contributed by atoms with Gasteiger partial charge in [0.1, 0.15) is 24.7 Å². The molecule has 2 saturated heterocycles. The quantitative estimate of drug-likeness (QED) is 0.126. The third-order valence-corrected chi connectivity index (χ3v) is 10.9. The highest BCUT2D eigenvalue weighted by Crippen LogP contribution is 2.43. The molecule has 2 aromatic rings. The van der Waals surface area contributed by atoms with E-state index in [4.69, 9.17) is 28.4 Å². The second-order valence-corrected chi connectivity index (χ2v) is 19.6. The number of aryl methyl sites for hydroxylation is 4. The third-order valence-electron chi connectivity index (χ3n) is 10.9. The number of esters is 2. The number of carboxylic acids is 1. The fourth-order valence-corrected chi connectivity index (χ4v) is 7.19. The molecule has 322 valence electrons. The van der Waals surface area contributed by atoms with E-state index in [1.54, 1.807) is 0 Å². The number of carboxylic acid groups (broad SMARTS) is 1. The van der Waals surface area contributed by atoms with Crippen molar-refractivity contribution in [2.24, 2.45) is 16.2 Å². The average molecular weight is 811 g/mol. The van der Waals surface area contributed by atoms with Crippen LogP contribution in [0.25, 0.3) is 0 Å². The molecule has 58 heavy (non-hydrogen) atoms. The molecule has 0 aliphatic carbocycles. The van der Waals surface area contributed by atoms with Crippen LogP contribution in [0.1, 0.15) is 115 Å². The number of carbonyl (C=O) groups excluding carboxylic acids is 2. The van der Waals surface area contributed by atoms with Crippen molar-refractivity contribution >= 4 is 17.9 Å². The third kappa shape index (κ3) is 11.8. The number of phenolic OH excluding ortho intramolecular Hbond substituents is 2. The lowest BCUT2D eigenvalue weighted by Gasteiger charge is -2.51. The lowest BCUT2D eigenvalue weighted by molar-refractivity contribution is -0.351. The standard InChI is InChI=1S/C46H66O12/c1-28-19-30(21-32(38(28)51)42(3,4)5)13-17-36(49)53-23-44(9,10)40-55-25-46(26-56-40)27-57-41(58-34(46)15-16-35(47)48)45(11,12)24-54-37(50)18-14-31-20-29(2)39(52)33(22-31)43(6,7)8/h15-16,19-22,34,40-41,51-52H,13-14,17-18,23-27H2,1-12H3,(H,47,48). The first-order valence-electron chi connectivity index (χ1n) is 20.1. The summed E-state index contributed by atoms with van der Waals surface area (Å²) in [7, 11) is 0. The van der Waals surface area contributed by atoms with Crippen molar-refractivity contribution in [3.63, 3.8) is 0 Å². The Morgan fingerprint density at radius 1 is 0.690 bits per heavy atom. The minimum absolute atomic E-state index is 0.00473. The van der Waals surface area contributed by atoms with Crippen LogP contribution in [0.5, 0.6) is 11.5 Å². The summed E-state index contributed by atoms with van der Waals surface area (Å²) in [5.41, 5.74) is 2.15. The largest absolute Gasteiger partial charge is 0.507 e. The van der Waals surface area contributed by atoms with Gasteiger partial charge in [-0.15, -0.1) is 0 Å². The number of hydrogen-bond acceptors (Lipinski definition) is 11. The van der Waals surface area contributed by atoms with Gasteiger partial charge in [-0.2, -0.15) is 0 Å². The Bertz CT molecular complexity index is 1810. The topological polar surface area (TPSA) is 167 Å². The number of rotatable bonds is 14. The zero-order valence-electron chi connectivity index (χ0n) is 36.6. The molecule has 2 fully saturated rings. The fraction of sp³-hybridized carbons (Fsp3) is 0.630. The summed E-state index contributed by atoms with van der Waals surface area (Å²) in [5, 5.41) is 30.6. The Kier molecular flexibility index (Phi) is 14.6. The van der Waals surface area contributed by atoms with Gasteiger partial charge in [-0.1, -0.05) is 93.5 Å². The van der Waals surface area contributed by atoms with Crippen LogP contribution in [0.3, 0.4) is 0 Å². The maximum absolute atomic E-state index is 12.9. The lowest BCUT2D eigenvalue weighted by atomic mass is 9.80. The first-order chi connectivity index (χ1) is 26.7. The van der Waals surface area contributed by atoms with Gasteiger partial charge in [0.15, 0.2) is 12.6 Å². The lowest BCUT2D eigenvalue weighted by Crippen LogP contribution is -2.60. The second-order valence-electron chi connectivity index (χ2n) is 19.6. The number of carbonyl (C=O) groups is 3. The van der Waals surface area contributed by atoms with Crippen molar-refractivity contribution in [3.8, 4) is 11.5 Å². The molecule has 4 rings (SSSR count). The van der Waals surface area contributed by atoms with Gasteiger partial charge < -0.3 is 43.7 Å². The molecule has 2 aromatic carbocycles. The first kappa shape index (κ1) is 46.7. The van der Waals surface area contributed by atoms with Gasteiger partial charge in [0.2, 0.25) is 0 Å². The van der Waals surface area contributed by atoms with Crippen molar-refractivity contribution in [3.05, 3.63) is 69.8 Å². The number of phenols is 2. The highest BCUT2D eigenvalue weighted by molar-refractivity contribution is 5.79. The maximum atomic E-state index is 12.9. The molecule has 0 aromatic heterocycles. The summed E-state index contributed by atoms with van der Waals surface area (Å²) in [6.45, 7) is 23.7. The van der Waals surface area contributed by atoms with Crippen LogP contribution >= 0.6 is 0 Å². The van der Waals surface area contributed by atoms with Crippen LogP contribution in [-0.2, 0) is 66.5 Å². The molecule has 2 aliphatic heterocycles. The Labute approximate surface area is 344 Å². The molecule has 12 nitrogen and oxygen atoms in total. The predicted molar refractivity (Wildman–Crippen MR) is 219 cm³/mol. The van der Waals surface area contributed by atoms with Crippen molar-refractivity contribution in [1.82, 2.24) is 0 Å². The number of benzene rings is 2. The van der Waals surface area contributed by atoms with Crippen molar-refractivity contribution in [1.29, 1.82) is 0 Å². The SMILES string of the molecule is Cc1cc(CCC(=O)OCC(C)(C)C2OCC3(CO2)COC(C(C)(C)COC(=O)CCc2cc(C)c(O)c(C(C)(C)C)c2)OC3C=CC(=O)O)cc(C(C)(C)C)c1O. The number of aromatic hydroxyl groups is 2. The van der Waals surface area contributed by atoms with Gasteiger partial charge in [-0.05, 0) is 77.0 Å². The van der Waals surface area contributed by atoms with E-state index in [2.05, 4.69) is 0 Å². The second kappa shape index (κ2) is 18.1. The van der Waals surface area contributed by atoms with E-state index >= 15 is 0 Å². The van der Waals surface area contributed by atoms with Gasteiger partial charge in [0.05, 0.1) is 31.3 Å². The Morgan fingerprint density at radius 3 is 1.48 bits per heavy atom. The van der Waals surface area contributed by atoms with E-state index < -0.39 is 40.9 Å². The van der Waals surface area contributed by atoms with Gasteiger partial charge in [-0.25, -0.2) is 4.79 Å². The summed E-state index contributed by atoms with van der Waals surface area (Å²) in [6, 6.07) is 7.65. The van der Waals surface area contributed by atoms with Crippen LogP contribution in [-0.4, -0.2) is 84.9 Å². The molecule has 2 atom stereocenters. The summed E-state index contributed by atoms with van der Waals surface area (Å²) >= 11 is 0. The van der Waals surface area contributed by atoms with Crippen molar-refractivity contribution in [2.75, 3.05) is 33.0 Å². The molecule has 2 aliphatic rings. The van der Waals surface area contributed by atoms with E-state index in [1.165, 1.54) is 6.08 Å². The average Bonchev–Trinajstić information content (AvgIpc) is 3.12. The summed E-state index contributed by atoms with van der Waals surface area (Å²) < 4.78 is 36.5. The molecular weight excluding hydrogens is 744 g/mol. The van der Waals surface area contributed by atoms with E-state index in [-0.39, 0.29) is 80.1 Å². The van der Waals surface area contributed by atoms with E-state index in [1.807, 2.05) is 107 Å². The minimum atomic E-state index is -1.14. The minimum Gasteiger partial charge on any atom is -0.507 e. The normalized spacial score (nSPS) is 22.0. The summed E-state index contributed by atoms with van der Waals surface area (Å²) in [4.78, 5) is 37.4. The zero-order valence-corrected chi connectivity index (χ0v) is 36.6. The molecular formula is C46H66O12. The Morgan fingerprint density at radius 2 is 1.09 bits per heavy atom. The monoisotopic (exact) mass is 810 g/mol. The molecule has 3 N–H and O–H groups in total. The van der Waals surface area contributed by atoms with E-state index in [0.717, 1.165) is 39.5 Å². The number of ether oxygens (including phenoxy) is 6. The van der Waals surface area contributed by atoms with E-state index in [0.29, 0.717) is 12.8 Å². The summed E-state index contributed by atoms with van der Waals surface area (Å²) in [6.07, 6.45) is 1.37. The van der Waals surface area contributed by atoms with Crippen LogP contribution in [0, 0.1) is 30.1 Å². The predicted octanol–water partition coefficient (Wildman–Crippen LogP) is 7.76. The van der Waals surface area contributed by atoms with Gasteiger partial charge in [-0.3, -0.25) is 9.59 Å². The van der Waals surface area contributed by atoms with Gasteiger partial charge in [0, 0.05) is 29.7 Å². The molecule has 0 amide bonds. The highest BCUT2D eigenvalue weighted by Gasteiger charge is 2.52. The van der Waals surface area contributed by atoms with Crippen LogP contribution in [0.4, 0.5) is 0 Å². The molecule has 1 spiro atoms.